The van der Waals surface area contributed by atoms with Crippen molar-refractivity contribution in [3.63, 3.8) is 0 Å². The zero-order chi connectivity index (χ0) is 30.5. The zero-order valence-electron chi connectivity index (χ0n) is 24.4. The molecule has 0 bridgehead atoms. The molecule has 4 unspecified atom stereocenters. The quantitative estimate of drug-likeness (QED) is 0.223. The van der Waals surface area contributed by atoms with Crippen LogP contribution in [0.25, 0.3) is 0 Å². The second kappa shape index (κ2) is 11.0. The van der Waals surface area contributed by atoms with E-state index in [1.807, 2.05) is 99.6 Å². The van der Waals surface area contributed by atoms with E-state index in [4.69, 9.17) is 4.74 Å². The molecular weight excluding hydrogens is 606 g/mol. The molecule has 0 aromatic heterocycles. The van der Waals surface area contributed by atoms with Crippen molar-refractivity contribution in [3.05, 3.63) is 123 Å². The van der Waals surface area contributed by atoms with E-state index in [-0.39, 0.29) is 5.78 Å². The Morgan fingerprint density at radius 3 is 2.26 bits per heavy atom. The number of carbonyl (C=O) groups is 3. The summed E-state index contributed by atoms with van der Waals surface area (Å²) in [6.45, 7) is 5.78. The Hall–Kier alpha value is -4.43. The third-order valence-electron chi connectivity index (χ3n) is 8.88. The molecule has 2 aliphatic heterocycles. The van der Waals surface area contributed by atoms with Crippen molar-refractivity contribution in [2.45, 2.75) is 38.3 Å². The third kappa shape index (κ3) is 4.52. The van der Waals surface area contributed by atoms with Gasteiger partial charge >= 0.3 is 6.03 Å². The predicted octanol–water partition coefficient (Wildman–Crippen LogP) is 7.44. The lowest BCUT2D eigenvalue weighted by atomic mass is 9.69. The first-order chi connectivity index (χ1) is 20.7. The van der Waals surface area contributed by atoms with Gasteiger partial charge in [0, 0.05) is 38.9 Å². The molecular formula is C35H32BrN3O4. The lowest BCUT2D eigenvalue weighted by Crippen LogP contribution is -2.57. The van der Waals surface area contributed by atoms with Gasteiger partial charge in [0.15, 0.2) is 11.3 Å². The van der Waals surface area contributed by atoms with Crippen LogP contribution in [-0.4, -0.2) is 35.8 Å². The van der Waals surface area contributed by atoms with Crippen molar-refractivity contribution in [1.82, 2.24) is 4.90 Å². The molecule has 43 heavy (non-hydrogen) atoms. The van der Waals surface area contributed by atoms with Gasteiger partial charge in [-0.25, -0.2) is 4.79 Å². The number of benzene rings is 4. The summed E-state index contributed by atoms with van der Waals surface area (Å²) in [6, 6.07) is 26.8. The Kier molecular flexibility index (Phi) is 7.34. The molecule has 0 saturated carbocycles. The number of amides is 3. The van der Waals surface area contributed by atoms with Gasteiger partial charge in [-0.1, -0.05) is 76.6 Å². The lowest BCUT2D eigenvalue weighted by Gasteiger charge is -2.38. The smallest absolute Gasteiger partial charge is 0.323 e. The van der Waals surface area contributed by atoms with Crippen LogP contribution >= 0.6 is 15.9 Å². The van der Waals surface area contributed by atoms with Gasteiger partial charge in [0.25, 0.3) is 5.91 Å². The summed E-state index contributed by atoms with van der Waals surface area (Å²) in [4.78, 5) is 45.5. The maximum atomic E-state index is 14.8. The van der Waals surface area contributed by atoms with Gasteiger partial charge in [0.2, 0.25) is 0 Å². The number of likely N-dealkylation sites (tertiary alicyclic amines) is 1. The first-order valence-electron chi connectivity index (χ1n) is 14.2. The Labute approximate surface area is 259 Å². The maximum Gasteiger partial charge on any atom is 0.323 e. The van der Waals surface area contributed by atoms with Crippen molar-refractivity contribution in [1.29, 1.82) is 0 Å². The number of ketones is 1. The second-order valence-electron chi connectivity index (χ2n) is 11.2. The molecule has 1 spiro atoms. The number of halogens is 1. The lowest BCUT2D eigenvalue weighted by molar-refractivity contribution is -0.126. The predicted molar refractivity (Wildman–Crippen MR) is 171 cm³/mol. The van der Waals surface area contributed by atoms with Crippen molar-refractivity contribution in [2.75, 3.05) is 17.7 Å². The number of anilines is 2. The average molecular weight is 639 g/mol. The molecule has 3 amide bonds. The van der Waals surface area contributed by atoms with E-state index in [0.29, 0.717) is 28.3 Å². The number of para-hydroxylation sites is 1. The number of hydrogen-bond donors (Lipinski definition) is 2. The minimum Gasteiger partial charge on any atom is -0.497 e. The molecule has 4 aromatic carbocycles. The van der Waals surface area contributed by atoms with Crippen LogP contribution in [-0.2, 0) is 10.3 Å². The van der Waals surface area contributed by atoms with Gasteiger partial charge in [0.1, 0.15) is 5.75 Å². The summed E-state index contributed by atoms with van der Waals surface area (Å²) in [5.41, 5.74) is 3.32. The van der Waals surface area contributed by atoms with Crippen LogP contribution in [0.4, 0.5) is 16.2 Å². The van der Waals surface area contributed by atoms with E-state index in [1.165, 1.54) is 0 Å². The summed E-state index contributed by atoms with van der Waals surface area (Å²) in [6.07, 6.45) is 0. The van der Waals surface area contributed by atoms with E-state index < -0.39 is 35.4 Å². The van der Waals surface area contributed by atoms with Crippen LogP contribution in [0.5, 0.6) is 5.75 Å². The number of ether oxygens (including phenoxy) is 1. The van der Waals surface area contributed by atoms with Crippen molar-refractivity contribution >= 4 is 45.0 Å². The number of carbonyl (C=O) groups excluding carboxylic acids is 3. The number of hydrogen-bond acceptors (Lipinski definition) is 4. The molecule has 1 saturated heterocycles. The molecule has 1 fully saturated rings. The van der Waals surface area contributed by atoms with E-state index in [9.17, 15) is 14.4 Å². The molecule has 6 rings (SSSR count). The molecule has 7 nitrogen and oxygen atoms in total. The Morgan fingerprint density at radius 1 is 0.930 bits per heavy atom. The summed E-state index contributed by atoms with van der Waals surface area (Å²) in [5.74, 6) is -1.39. The van der Waals surface area contributed by atoms with Gasteiger partial charge in [-0.05, 0) is 67.8 Å². The van der Waals surface area contributed by atoms with Crippen LogP contribution < -0.4 is 15.4 Å². The molecule has 2 aliphatic rings. The third-order valence-corrected chi connectivity index (χ3v) is 9.37. The van der Waals surface area contributed by atoms with Crippen LogP contribution in [0.3, 0.4) is 0 Å². The highest BCUT2D eigenvalue weighted by atomic mass is 79.9. The van der Waals surface area contributed by atoms with E-state index >= 15 is 0 Å². The number of nitrogens with one attached hydrogen (secondary N) is 2. The van der Waals surface area contributed by atoms with Gasteiger partial charge in [-0.3, -0.25) is 9.59 Å². The number of nitrogens with zero attached hydrogens (tertiary/aromatic N) is 1. The van der Waals surface area contributed by atoms with Crippen molar-refractivity contribution in [3.8, 4) is 5.75 Å². The number of fused-ring (bicyclic) bond motifs is 2. The normalized spacial score (nSPS) is 22.3. The highest BCUT2D eigenvalue weighted by Gasteiger charge is 2.69. The minimum absolute atomic E-state index is 0.210. The number of rotatable bonds is 5. The van der Waals surface area contributed by atoms with Gasteiger partial charge < -0.3 is 20.3 Å². The fraction of sp³-hybridized carbons (Fsp3) is 0.229. The molecule has 2 N–H and O–H groups in total. The standard InChI is InChI=1S/C35H32BrN3O4/c1-20-9-8-10-21(2)31(20)38-34(42)39-22(3)29(23-13-16-26(43-4)17-14-23)30(32(40)24-11-6-5-7-12-24)35(39)27-19-25(36)15-18-28(27)37-33(35)41/h5-19,22,29-30H,1-4H3,(H,37,41)(H,38,42). The number of aryl methyl sites for hydroxylation is 2. The molecule has 2 heterocycles. The molecule has 8 heteroatoms. The summed E-state index contributed by atoms with van der Waals surface area (Å²) < 4.78 is 6.15. The maximum absolute atomic E-state index is 14.8. The Balaban J connectivity index is 1.62. The van der Waals surface area contributed by atoms with Gasteiger partial charge in [0.05, 0.1) is 13.0 Å². The molecule has 4 atom stereocenters. The number of methoxy groups -OCH3 is 1. The van der Waals surface area contributed by atoms with E-state index in [0.717, 1.165) is 21.2 Å². The summed E-state index contributed by atoms with van der Waals surface area (Å²) >= 11 is 3.58. The molecule has 0 aliphatic carbocycles. The zero-order valence-corrected chi connectivity index (χ0v) is 25.9. The van der Waals surface area contributed by atoms with Crippen LogP contribution in [0.2, 0.25) is 0 Å². The average Bonchev–Trinajstić information content (AvgIpc) is 3.45. The first kappa shape index (κ1) is 28.7. The van der Waals surface area contributed by atoms with E-state index in [1.54, 1.807) is 24.1 Å². The van der Waals surface area contributed by atoms with Crippen LogP contribution in [0.15, 0.2) is 95.5 Å². The van der Waals surface area contributed by atoms with Gasteiger partial charge in [-0.15, -0.1) is 0 Å². The van der Waals surface area contributed by atoms with Gasteiger partial charge in [-0.2, -0.15) is 0 Å². The summed E-state index contributed by atoms with van der Waals surface area (Å²) in [7, 11) is 1.60. The Morgan fingerprint density at radius 2 is 1.60 bits per heavy atom. The fourth-order valence-corrected chi connectivity index (χ4v) is 7.32. The van der Waals surface area contributed by atoms with Crippen molar-refractivity contribution < 1.29 is 19.1 Å². The van der Waals surface area contributed by atoms with Crippen LogP contribution in [0.1, 0.15) is 45.5 Å². The topological polar surface area (TPSA) is 87.7 Å². The first-order valence-corrected chi connectivity index (χ1v) is 15.0. The van der Waals surface area contributed by atoms with Crippen molar-refractivity contribution in [2.24, 2.45) is 5.92 Å². The molecule has 218 valence electrons. The number of urea groups is 1. The monoisotopic (exact) mass is 637 g/mol. The largest absolute Gasteiger partial charge is 0.497 e. The van der Waals surface area contributed by atoms with E-state index in [2.05, 4.69) is 26.6 Å². The highest BCUT2D eigenvalue weighted by Crippen LogP contribution is 2.59. The fourth-order valence-electron chi connectivity index (χ4n) is 6.95. The Bertz CT molecular complexity index is 1720. The minimum atomic E-state index is -1.63. The number of Topliss-reactive ketones (excluding diaryl/α,β-unsaturated/α-hetero) is 1. The molecule has 0 radical (unpaired) electrons. The summed E-state index contributed by atoms with van der Waals surface area (Å²) in [5, 5.41) is 6.14. The van der Waals surface area contributed by atoms with Crippen LogP contribution in [0, 0.1) is 19.8 Å². The highest BCUT2D eigenvalue weighted by molar-refractivity contribution is 9.10. The second-order valence-corrected chi connectivity index (χ2v) is 12.1. The SMILES string of the molecule is COc1ccc(C2C(C)N(C(=O)Nc3c(C)cccc3C)C3(C(=O)Nc4ccc(Br)cc43)C2C(=O)c2ccccc2)cc1. The molecule has 4 aromatic rings.